The molecule has 4 heteroatoms. The molecule has 1 atom stereocenters. The number of rotatable bonds is 2. The van der Waals surface area contributed by atoms with Crippen molar-refractivity contribution >= 4 is 23.2 Å². The molecule has 0 bridgehead atoms. The Kier molecular flexibility index (Phi) is 4.12. The lowest BCUT2D eigenvalue weighted by atomic mass is 10.1. The van der Waals surface area contributed by atoms with E-state index >= 15 is 0 Å². The molecular formula is C16H18ClN3. The van der Waals surface area contributed by atoms with E-state index in [-0.39, 0.29) is 18.4 Å². The van der Waals surface area contributed by atoms with Crippen molar-refractivity contribution in [2.45, 2.75) is 19.9 Å². The molecule has 0 radical (unpaired) electrons. The van der Waals surface area contributed by atoms with Crippen molar-refractivity contribution in [3.05, 3.63) is 59.9 Å². The number of benzene rings is 2. The van der Waals surface area contributed by atoms with E-state index in [4.69, 9.17) is 5.73 Å². The van der Waals surface area contributed by atoms with Gasteiger partial charge in [0.25, 0.3) is 0 Å². The van der Waals surface area contributed by atoms with Gasteiger partial charge in [0.2, 0.25) is 0 Å². The molecule has 0 amide bonds. The number of aromatic nitrogens is 2. The Bertz CT molecular complexity index is 726. The van der Waals surface area contributed by atoms with Gasteiger partial charge in [-0.25, -0.2) is 4.68 Å². The number of nitrogens with zero attached hydrogens (tertiary/aromatic N) is 2. The highest BCUT2D eigenvalue weighted by molar-refractivity contribution is 5.90. The van der Waals surface area contributed by atoms with Gasteiger partial charge in [-0.2, -0.15) is 5.10 Å². The van der Waals surface area contributed by atoms with E-state index in [2.05, 4.69) is 54.5 Å². The first-order valence-corrected chi connectivity index (χ1v) is 6.46. The summed E-state index contributed by atoms with van der Waals surface area (Å²) in [7, 11) is 0. The van der Waals surface area contributed by atoms with Crippen LogP contribution in [0.3, 0.4) is 0 Å². The van der Waals surface area contributed by atoms with E-state index in [1.165, 1.54) is 10.8 Å². The van der Waals surface area contributed by atoms with E-state index in [1.807, 2.05) is 17.8 Å². The van der Waals surface area contributed by atoms with Crippen LogP contribution in [-0.4, -0.2) is 9.78 Å². The van der Waals surface area contributed by atoms with Gasteiger partial charge in [0.05, 0.1) is 11.9 Å². The number of halogens is 1. The van der Waals surface area contributed by atoms with Crippen LogP contribution in [0.25, 0.3) is 16.5 Å². The highest BCUT2D eigenvalue weighted by Gasteiger charge is 2.12. The summed E-state index contributed by atoms with van der Waals surface area (Å²) in [6, 6.07) is 14.6. The molecule has 0 aliphatic carbocycles. The van der Waals surface area contributed by atoms with Crippen molar-refractivity contribution in [3.8, 4) is 5.69 Å². The van der Waals surface area contributed by atoms with Crippen LogP contribution in [-0.2, 0) is 0 Å². The molecule has 3 aromatic rings. The fourth-order valence-electron chi connectivity index (χ4n) is 2.51. The van der Waals surface area contributed by atoms with Gasteiger partial charge in [0.1, 0.15) is 0 Å². The van der Waals surface area contributed by atoms with Gasteiger partial charge in [-0.05, 0) is 25.3 Å². The predicted octanol–water partition coefficient (Wildman–Crippen LogP) is 3.78. The zero-order chi connectivity index (χ0) is 13.4. The van der Waals surface area contributed by atoms with Crippen LogP contribution >= 0.6 is 12.4 Å². The zero-order valence-electron chi connectivity index (χ0n) is 11.6. The zero-order valence-corrected chi connectivity index (χ0v) is 12.4. The van der Waals surface area contributed by atoms with Crippen LogP contribution in [0.2, 0.25) is 0 Å². The minimum atomic E-state index is 0. The van der Waals surface area contributed by atoms with Crippen molar-refractivity contribution in [1.82, 2.24) is 9.78 Å². The topological polar surface area (TPSA) is 43.8 Å². The fraction of sp³-hybridized carbons (Fsp3) is 0.188. The first-order chi connectivity index (χ1) is 9.18. The molecule has 1 heterocycles. The van der Waals surface area contributed by atoms with Gasteiger partial charge in [0.15, 0.2) is 0 Å². The Morgan fingerprint density at radius 2 is 1.80 bits per heavy atom. The van der Waals surface area contributed by atoms with Crippen LogP contribution in [0.15, 0.2) is 48.7 Å². The second-order valence-electron chi connectivity index (χ2n) is 4.88. The molecule has 1 unspecified atom stereocenters. The Hall–Kier alpha value is -1.84. The lowest BCUT2D eigenvalue weighted by Gasteiger charge is -2.10. The highest BCUT2D eigenvalue weighted by Crippen LogP contribution is 2.25. The Balaban J connectivity index is 0.00000147. The maximum absolute atomic E-state index is 5.97. The summed E-state index contributed by atoms with van der Waals surface area (Å²) in [6.45, 7) is 4.05. The van der Waals surface area contributed by atoms with Gasteiger partial charge in [-0.15, -0.1) is 12.4 Å². The van der Waals surface area contributed by atoms with Crippen LogP contribution in [0, 0.1) is 6.92 Å². The Morgan fingerprint density at radius 1 is 1.10 bits per heavy atom. The molecule has 0 aliphatic rings. The number of hydrogen-bond acceptors (Lipinski definition) is 2. The largest absolute Gasteiger partial charge is 0.324 e. The summed E-state index contributed by atoms with van der Waals surface area (Å²) in [5.41, 5.74) is 9.26. The smallest absolute Gasteiger partial charge is 0.0727 e. The quantitative estimate of drug-likeness (QED) is 0.779. The average Bonchev–Trinajstić information content (AvgIpc) is 2.80. The van der Waals surface area contributed by atoms with Crippen molar-refractivity contribution in [1.29, 1.82) is 0 Å². The van der Waals surface area contributed by atoms with E-state index < -0.39 is 0 Å². The van der Waals surface area contributed by atoms with Crippen molar-refractivity contribution in [3.63, 3.8) is 0 Å². The third kappa shape index (κ3) is 2.30. The summed E-state index contributed by atoms with van der Waals surface area (Å²) >= 11 is 0. The Labute approximate surface area is 124 Å². The summed E-state index contributed by atoms with van der Waals surface area (Å²) in [6.07, 6.45) is 1.86. The first-order valence-electron chi connectivity index (χ1n) is 6.46. The summed E-state index contributed by atoms with van der Waals surface area (Å²) in [5, 5.41) is 6.92. The summed E-state index contributed by atoms with van der Waals surface area (Å²) in [5.74, 6) is 0. The van der Waals surface area contributed by atoms with E-state index in [1.54, 1.807) is 0 Å². The average molecular weight is 288 g/mol. The van der Waals surface area contributed by atoms with Crippen LogP contribution in [0.4, 0.5) is 0 Å². The van der Waals surface area contributed by atoms with Gasteiger partial charge in [0, 0.05) is 22.7 Å². The van der Waals surface area contributed by atoms with E-state index in [0.29, 0.717) is 0 Å². The van der Waals surface area contributed by atoms with Crippen molar-refractivity contribution in [2.75, 3.05) is 0 Å². The Morgan fingerprint density at radius 3 is 2.50 bits per heavy atom. The maximum Gasteiger partial charge on any atom is 0.0727 e. The molecule has 2 aromatic carbocycles. The van der Waals surface area contributed by atoms with Crippen LogP contribution in [0.5, 0.6) is 0 Å². The minimum absolute atomic E-state index is 0. The van der Waals surface area contributed by atoms with Gasteiger partial charge >= 0.3 is 0 Å². The number of hydrogen-bond donors (Lipinski definition) is 1. The van der Waals surface area contributed by atoms with Gasteiger partial charge in [-0.3, -0.25) is 0 Å². The van der Waals surface area contributed by atoms with Gasteiger partial charge in [-0.1, -0.05) is 36.4 Å². The lowest BCUT2D eigenvalue weighted by Crippen LogP contribution is -2.07. The molecule has 0 fully saturated rings. The molecule has 0 spiro atoms. The molecule has 0 saturated heterocycles. The molecule has 3 nitrogen and oxygen atoms in total. The second-order valence-corrected chi connectivity index (χ2v) is 4.88. The third-order valence-corrected chi connectivity index (χ3v) is 3.53. The molecular weight excluding hydrogens is 270 g/mol. The SMILES string of the molecule is Cc1c(C(C)N)cnn1-c1cccc2ccccc12.Cl. The molecule has 20 heavy (non-hydrogen) atoms. The number of nitrogens with two attached hydrogens (primary N) is 1. The summed E-state index contributed by atoms with van der Waals surface area (Å²) in [4.78, 5) is 0. The molecule has 0 saturated carbocycles. The highest BCUT2D eigenvalue weighted by atomic mass is 35.5. The fourth-order valence-corrected chi connectivity index (χ4v) is 2.51. The first kappa shape index (κ1) is 14.6. The lowest BCUT2D eigenvalue weighted by molar-refractivity contribution is 0.798. The molecule has 3 rings (SSSR count). The van der Waals surface area contributed by atoms with Crippen molar-refractivity contribution in [2.24, 2.45) is 5.73 Å². The van der Waals surface area contributed by atoms with E-state index in [0.717, 1.165) is 16.9 Å². The predicted molar refractivity (Wildman–Crippen MR) is 85.7 cm³/mol. The van der Waals surface area contributed by atoms with Crippen molar-refractivity contribution < 1.29 is 0 Å². The second kappa shape index (κ2) is 5.65. The number of fused-ring (bicyclic) bond motifs is 1. The maximum atomic E-state index is 5.97. The van der Waals surface area contributed by atoms with Crippen LogP contribution < -0.4 is 5.73 Å². The van der Waals surface area contributed by atoms with Gasteiger partial charge < -0.3 is 5.73 Å². The van der Waals surface area contributed by atoms with Crippen LogP contribution in [0.1, 0.15) is 24.2 Å². The molecule has 0 aliphatic heterocycles. The van der Waals surface area contributed by atoms with E-state index in [9.17, 15) is 0 Å². The normalized spacial score (nSPS) is 12.2. The minimum Gasteiger partial charge on any atom is -0.324 e. The molecule has 2 N–H and O–H groups in total. The molecule has 1 aromatic heterocycles. The summed E-state index contributed by atoms with van der Waals surface area (Å²) < 4.78 is 1.97. The monoisotopic (exact) mass is 287 g/mol. The third-order valence-electron chi connectivity index (χ3n) is 3.53. The molecule has 104 valence electrons. The standard InChI is InChI=1S/C16H17N3.ClH/c1-11(17)15-10-18-19(12(15)2)16-9-5-7-13-6-3-4-8-14(13)16;/h3-11H,17H2,1-2H3;1H.